The fourth-order valence-corrected chi connectivity index (χ4v) is 5.84. The summed E-state index contributed by atoms with van der Waals surface area (Å²) in [5.74, 6) is 1.54. The smallest absolute Gasteiger partial charge is 0.151 e. The van der Waals surface area contributed by atoms with E-state index in [1.807, 2.05) is 23.1 Å². The lowest BCUT2D eigenvalue weighted by atomic mass is 9.80. The minimum Gasteiger partial charge on any atom is -0.330 e. The summed E-state index contributed by atoms with van der Waals surface area (Å²) in [6.07, 6.45) is 5.25. The number of nitrogens with two attached hydrogens (primary N) is 1. The molecule has 3 atom stereocenters. The van der Waals surface area contributed by atoms with E-state index in [1.165, 1.54) is 34.7 Å². The van der Waals surface area contributed by atoms with Gasteiger partial charge >= 0.3 is 0 Å². The average molecular weight is 307 g/mol. The molecule has 3 unspecified atom stereocenters. The Bertz CT molecular complexity index is 533. The standard InChI is InChI=1S/C16H22N2S2/c1-2-11-7-8-12(10-17)15(9-11)20-16-18-13-5-3-4-6-14(13)19-16/h3-6,11-12,15H,2,7-10,17H2,1H3. The van der Waals surface area contributed by atoms with Gasteiger partial charge in [0.2, 0.25) is 0 Å². The number of aromatic nitrogens is 1. The van der Waals surface area contributed by atoms with E-state index in [0.29, 0.717) is 11.2 Å². The summed E-state index contributed by atoms with van der Waals surface area (Å²) in [7, 11) is 0. The van der Waals surface area contributed by atoms with E-state index in [9.17, 15) is 0 Å². The molecule has 1 aromatic carbocycles. The first-order valence-electron chi connectivity index (χ1n) is 7.52. The monoisotopic (exact) mass is 306 g/mol. The molecular formula is C16H22N2S2. The van der Waals surface area contributed by atoms with Crippen molar-refractivity contribution >= 4 is 33.3 Å². The van der Waals surface area contributed by atoms with Crippen LogP contribution in [0.15, 0.2) is 28.6 Å². The highest BCUT2D eigenvalue weighted by Crippen LogP contribution is 2.42. The van der Waals surface area contributed by atoms with Gasteiger partial charge in [-0.15, -0.1) is 11.3 Å². The first-order valence-corrected chi connectivity index (χ1v) is 9.22. The second-order valence-corrected chi connectivity index (χ2v) is 8.20. The van der Waals surface area contributed by atoms with Crippen molar-refractivity contribution in [3.8, 4) is 0 Å². The predicted molar refractivity (Wildman–Crippen MR) is 89.4 cm³/mol. The second-order valence-electron chi connectivity index (χ2n) is 5.69. The third kappa shape index (κ3) is 3.02. The zero-order chi connectivity index (χ0) is 13.9. The summed E-state index contributed by atoms with van der Waals surface area (Å²) < 4.78 is 2.51. The van der Waals surface area contributed by atoms with Crippen LogP contribution in [0.25, 0.3) is 10.2 Å². The van der Waals surface area contributed by atoms with Crippen LogP contribution >= 0.6 is 23.1 Å². The van der Waals surface area contributed by atoms with Gasteiger partial charge in [0.25, 0.3) is 0 Å². The average Bonchev–Trinajstić information content (AvgIpc) is 2.89. The summed E-state index contributed by atoms with van der Waals surface area (Å²) in [5.41, 5.74) is 7.11. The second kappa shape index (κ2) is 6.46. The van der Waals surface area contributed by atoms with E-state index >= 15 is 0 Å². The van der Waals surface area contributed by atoms with Crippen molar-refractivity contribution in [3.63, 3.8) is 0 Å². The largest absolute Gasteiger partial charge is 0.330 e. The van der Waals surface area contributed by atoms with Crippen LogP contribution in [0.4, 0.5) is 0 Å². The molecule has 1 heterocycles. The maximum atomic E-state index is 5.98. The van der Waals surface area contributed by atoms with Crippen molar-refractivity contribution in [2.75, 3.05) is 6.54 Å². The van der Waals surface area contributed by atoms with Crippen molar-refractivity contribution in [2.24, 2.45) is 17.6 Å². The number of thioether (sulfide) groups is 1. The Kier molecular flexibility index (Phi) is 4.64. The summed E-state index contributed by atoms with van der Waals surface area (Å²) in [4.78, 5) is 4.77. The van der Waals surface area contributed by atoms with Gasteiger partial charge in [-0.1, -0.05) is 43.7 Å². The van der Waals surface area contributed by atoms with Gasteiger partial charge in [0.15, 0.2) is 4.34 Å². The predicted octanol–water partition coefficient (Wildman–Crippen LogP) is 4.54. The molecule has 2 nitrogen and oxygen atoms in total. The van der Waals surface area contributed by atoms with Gasteiger partial charge in [-0.05, 0) is 43.4 Å². The Hall–Kier alpha value is -0.580. The van der Waals surface area contributed by atoms with Crippen LogP contribution in [0.3, 0.4) is 0 Å². The van der Waals surface area contributed by atoms with Crippen LogP contribution in [0.5, 0.6) is 0 Å². The lowest BCUT2D eigenvalue weighted by Crippen LogP contribution is -2.32. The Morgan fingerprint density at radius 1 is 1.35 bits per heavy atom. The molecule has 2 N–H and O–H groups in total. The van der Waals surface area contributed by atoms with Gasteiger partial charge in [0.1, 0.15) is 0 Å². The Morgan fingerprint density at radius 2 is 2.20 bits per heavy atom. The Morgan fingerprint density at radius 3 is 2.95 bits per heavy atom. The minimum absolute atomic E-state index is 0.652. The number of nitrogens with zero attached hydrogens (tertiary/aromatic N) is 1. The van der Waals surface area contributed by atoms with E-state index in [0.717, 1.165) is 18.0 Å². The molecule has 1 aromatic heterocycles. The van der Waals surface area contributed by atoms with E-state index in [2.05, 4.69) is 31.2 Å². The topological polar surface area (TPSA) is 38.9 Å². The number of thiazole rings is 1. The molecule has 0 bridgehead atoms. The highest BCUT2D eigenvalue weighted by atomic mass is 32.2. The van der Waals surface area contributed by atoms with Gasteiger partial charge in [0, 0.05) is 5.25 Å². The van der Waals surface area contributed by atoms with Crippen molar-refractivity contribution in [1.82, 2.24) is 4.98 Å². The highest BCUT2D eigenvalue weighted by molar-refractivity contribution is 8.01. The highest BCUT2D eigenvalue weighted by Gasteiger charge is 2.30. The summed E-state index contributed by atoms with van der Waals surface area (Å²) >= 11 is 3.79. The number of fused-ring (bicyclic) bond motifs is 1. The normalized spacial score (nSPS) is 27.0. The lowest BCUT2D eigenvalue weighted by molar-refractivity contribution is 0.284. The van der Waals surface area contributed by atoms with Crippen molar-refractivity contribution in [1.29, 1.82) is 0 Å². The van der Waals surface area contributed by atoms with Crippen LogP contribution in [0.2, 0.25) is 0 Å². The van der Waals surface area contributed by atoms with E-state index in [-0.39, 0.29) is 0 Å². The fraction of sp³-hybridized carbons (Fsp3) is 0.562. The first kappa shape index (κ1) is 14.4. The molecule has 4 heteroatoms. The van der Waals surface area contributed by atoms with E-state index in [1.54, 1.807) is 0 Å². The molecule has 0 spiro atoms. The molecule has 0 amide bonds. The van der Waals surface area contributed by atoms with Crippen molar-refractivity contribution < 1.29 is 0 Å². The number of hydrogen-bond donors (Lipinski definition) is 1. The Labute approximate surface area is 129 Å². The van der Waals surface area contributed by atoms with Crippen LogP contribution in [-0.4, -0.2) is 16.8 Å². The lowest BCUT2D eigenvalue weighted by Gasteiger charge is -2.34. The van der Waals surface area contributed by atoms with E-state index in [4.69, 9.17) is 10.7 Å². The molecule has 1 aliphatic rings. The van der Waals surface area contributed by atoms with Gasteiger partial charge in [0.05, 0.1) is 10.2 Å². The third-order valence-corrected chi connectivity index (χ3v) is 6.99. The number of rotatable bonds is 4. The molecule has 108 valence electrons. The molecule has 0 radical (unpaired) electrons. The number of para-hydroxylation sites is 1. The molecule has 20 heavy (non-hydrogen) atoms. The molecule has 3 rings (SSSR count). The first-order chi connectivity index (χ1) is 9.80. The quantitative estimate of drug-likeness (QED) is 0.901. The molecule has 2 aromatic rings. The zero-order valence-corrected chi connectivity index (χ0v) is 13.6. The number of benzene rings is 1. The maximum absolute atomic E-state index is 5.98. The zero-order valence-electron chi connectivity index (χ0n) is 11.9. The van der Waals surface area contributed by atoms with Crippen LogP contribution in [0, 0.1) is 11.8 Å². The SMILES string of the molecule is CCC1CCC(CN)C(Sc2nc3ccccc3s2)C1. The van der Waals surface area contributed by atoms with Gasteiger partial charge in [-0.3, -0.25) is 0 Å². The molecular weight excluding hydrogens is 284 g/mol. The van der Waals surface area contributed by atoms with Crippen molar-refractivity contribution in [2.45, 2.75) is 42.2 Å². The van der Waals surface area contributed by atoms with E-state index < -0.39 is 0 Å². The summed E-state index contributed by atoms with van der Waals surface area (Å²) in [5, 5.41) is 0.652. The van der Waals surface area contributed by atoms with Gasteiger partial charge in [-0.25, -0.2) is 4.98 Å². The Balaban J connectivity index is 1.76. The van der Waals surface area contributed by atoms with Gasteiger partial charge < -0.3 is 5.73 Å². The maximum Gasteiger partial charge on any atom is 0.151 e. The molecule has 1 aliphatic carbocycles. The third-order valence-electron chi connectivity index (χ3n) is 4.44. The summed E-state index contributed by atoms with van der Waals surface area (Å²) in [6.45, 7) is 3.13. The van der Waals surface area contributed by atoms with Crippen molar-refractivity contribution in [3.05, 3.63) is 24.3 Å². The van der Waals surface area contributed by atoms with Crippen LogP contribution < -0.4 is 5.73 Å². The van der Waals surface area contributed by atoms with Gasteiger partial charge in [-0.2, -0.15) is 0 Å². The van der Waals surface area contributed by atoms with Crippen LogP contribution in [0.1, 0.15) is 32.6 Å². The molecule has 0 saturated heterocycles. The fourth-order valence-electron chi connectivity index (χ4n) is 3.09. The molecule has 1 fully saturated rings. The molecule has 1 saturated carbocycles. The minimum atomic E-state index is 0.652. The van der Waals surface area contributed by atoms with Crippen LogP contribution in [-0.2, 0) is 0 Å². The summed E-state index contributed by atoms with van der Waals surface area (Å²) in [6, 6.07) is 8.41. The molecule has 0 aliphatic heterocycles. The number of hydrogen-bond acceptors (Lipinski definition) is 4.